The Morgan fingerprint density at radius 2 is 2.35 bits per heavy atom. The minimum Gasteiger partial charge on any atom is -0.492 e. The highest BCUT2D eigenvalue weighted by Gasteiger charge is 2.28. The van der Waals surface area contributed by atoms with Crippen molar-refractivity contribution >= 4 is 5.57 Å². The largest absolute Gasteiger partial charge is 0.492 e. The molecule has 1 aromatic rings. The molecule has 3 heteroatoms. The molecule has 1 aromatic heterocycles. The summed E-state index contributed by atoms with van der Waals surface area (Å²) in [7, 11) is 0. The lowest BCUT2D eigenvalue weighted by Gasteiger charge is -2.21. The van der Waals surface area contributed by atoms with Crippen molar-refractivity contribution in [2.75, 3.05) is 6.61 Å². The molecule has 2 atom stereocenters. The molecular weight excluding hydrogens is 212 g/mol. The zero-order valence-electron chi connectivity index (χ0n) is 10.1. The van der Waals surface area contributed by atoms with Crippen molar-refractivity contribution in [3.8, 4) is 5.75 Å². The van der Waals surface area contributed by atoms with Crippen LogP contribution in [0.4, 0.5) is 0 Å². The van der Waals surface area contributed by atoms with Gasteiger partial charge in [0.05, 0.1) is 12.8 Å². The quantitative estimate of drug-likeness (QED) is 0.865. The number of hydrogen-bond donors (Lipinski definition) is 1. The Labute approximate surface area is 102 Å². The predicted octanol–water partition coefficient (Wildman–Crippen LogP) is 2.39. The second kappa shape index (κ2) is 4.49. The second-order valence-corrected chi connectivity index (χ2v) is 4.79. The molecule has 2 unspecified atom stereocenters. The molecule has 1 saturated heterocycles. The molecule has 3 heterocycles. The maximum absolute atomic E-state index is 5.50. The first-order valence-electron chi connectivity index (χ1n) is 6.40. The third kappa shape index (κ3) is 2.20. The highest BCUT2D eigenvalue weighted by molar-refractivity contribution is 5.68. The Morgan fingerprint density at radius 1 is 1.41 bits per heavy atom. The van der Waals surface area contributed by atoms with Crippen molar-refractivity contribution in [3.05, 3.63) is 30.1 Å². The number of nitrogens with zero attached hydrogens (tertiary/aromatic N) is 1. The van der Waals surface area contributed by atoms with Gasteiger partial charge in [-0.1, -0.05) is 6.08 Å². The minimum absolute atomic E-state index is 0.569. The number of fused-ring (bicyclic) bond motifs is 2. The average Bonchev–Trinajstić information content (AvgIpc) is 2.69. The van der Waals surface area contributed by atoms with Gasteiger partial charge in [-0.05, 0) is 43.4 Å². The van der Waals surface area contributed by atoms with Gasteiger partial charge in [-0.3, -0.25) is 4.98 Å². The maximum atomic E-state index is 5.50. The first kappa shape index (κ1) is 10.8. The van der Waals surface area contributed by atoms with Gasteiger partial charge in [-0.15, -0.1) is 0 Å². The number of aromatic nitrogens is 1. The Morgan fingerprint density at radius 3 is 3.18 bits per heavy atom. The smallest absolute Gasteiger partial charge is 0.138 e. The van der Waals surface area contributed by atoms with E-state index in [0.29, 0.717) is 18.7 Å². The molecule has 0 amide bonds. The lowest BCUT2D eigenvalue weighted by Crippen LogP contribution is -2.31. The van der Waals surface area contributed by atoms with Gasteiger partial charge < -0.3 is 10.1 Å². The van der Waals surface area contributed by atoms with E-state index in [2.05, 4.69) is 22.4 Å². The van der Waals surface area contributed by atoms with Gasteiger partial charge in [0, 0.05) is 18.3 Å². The molecule has 3 rings (SSSR count). The summed E-state index contributed by atoms with van der Waals surface area (Å²) >= 11 is 0. The van der Waals surface area contributed by atoms with Gasteiger partial charge in [0.2, 0.25) is 0 Å². The van der Waals surface area contributed by atoms with E-state index in [1.165, 1.54) is 24.0 Å². The van der Waals surface area contributed by atoms with Crippen LogP contribution in [-0.4, -0.2) is 23.7 Å². The summed E-state index contributed by atoms with van der Waals surface area (Å²) in [4.78, 5) is 4.26. The number of hydrogen-bond acceptors (Lipinski definition) is 3. The Hall–Kier alpha value is -1.35. The molecule has 17 heavy (non-hydrogen) atoms. The molecule has 90 valence electrons. The van der Waals surface area contributed by atoms with Crippen molar-refractivity contribution in [3.63, 3.8) is 0 Å². The summed E-state index contributed by atoms with van der Waals surface area (Å²) in [5.41, 5.74) is 2.64. The zero-order chi connectivity index (χ0) is 11.7. The van der Waals surface area contributed by atoms with Gasteiger partial charge in [0.25, 0.3) is 0 Å². The van der Waals surface area contributed by atoms with Crippen LogP contribution in [0.1, 0.15) is 31.7 Å². The van der Waals surface area contributed by atoms with E-state index in [9.17, 15) is 0 Å². The standard InChI is InChI=1S/C14H18N2O/c1-2-17-14-7-11(8-15-9-14)10-5-12-3-4-13(6-10)16-12/h5,7-9,12-13,16H,2-4,6H2,1H3. The number of nitrogens with one attached hydrogen (secondary N) is 1. The minimum atomic E-state index is 0.569. The van der Waals surface area contributed by atoms with Gasteiger partial charge >= 0.3 is 0 Å². The monoisotopic (exact) mass is 230 g/mol. The lowest BCUT2D eigenvalue weighted by molar-refractivity contribution is 0.338. The fraction of sp³-hybridized carbons (Fsp3) is 0.500. The van der Waals surface area contributed by atoms with Crippen LogP contribution in [0.2, 0.25) is 0 Å². The van der Waals surface area contributed by atoms with Gasteiger partial charge in [0.1, 0.15) is 5.75 Å². The van der Waals surface area contributed by atoms with Crippen LogP contribution in [0.25, 0.3) is 5.57 Å². The van der Waals surface area contributed by atoms with Crippen molar-refractivity contribution in [2.45, 2.75) is 38.3 Å². The molecule has 2 aliphatic heterocycles. The van der Waals surface area contributed by atoms with E-state index in [0.717, 1.165) is 12.2 Å². The van der Waals surface area contributed by atoms with Crippen molar-refractivity contribution in [1.29, 1.82) is 0 Å². The van der Waals surface area contributed by atoms with Crippen molar-refractivity contribution < 1.29 is 4.74 Å². The molecule has 0 radical (unpaired) electrons. The first-order chi connectivity index (χ1) is 8.35. The van der Waals surface area contributed by atoms with E-state index in [-0.39, 0.29) is 0 Å². The van der Waals surface area contributed by atoms with Crippen LogP contribution < -0.4 is 10.1 Å². The SMILES string of the molecule is CCOc1cncc(C2=CC3CCC(C2)N3)c1. The third-order valence-corrected chi connectivity index (χ3v) is 3.54. The average molecular weight is 230 g/mol. The molecule has 0 aliphatic carbocycles. The molecule has 0 saturated carbocycles. The van der Waals surface area contributed by atoms with Gasteiger partial charge in [0.15, 0.2) is 0 Å². The third-order valence-electron chi connectivity index (χ3n) is 3.54. The maximum Gasteiger partial charge on any atom is 0.138 e. The van der Waals surface area contributed by atoms with Gasteiger partial charge in [-0.2, -0.15) is 0 Å². The van der Waals surface area contributed by atoms with Crippen molar-refractivity contribution in [2.24, 2.45) is 0 Å². The van der Waals surface area contributed by atoms with Crippen LogP contribution in [0.5, 0.6) is 5.75 Å². The molecule has 3 nitrogen and oxygen atoms in total. The Kier molecular flexibility index (Phi) is 2.85. The van der Waals surface area contributed by atoms with E-state index in [1.54, 1.807) is 6.20 Å². The van der Waals surface area contributed by atoms with Crippen LogP contribution in [0.3, 0.4) is 0 Å². The van der Waals surface area contributed by atoms with Gasteiger partial charge in [-0.25, -0.2) is 0 Å². The topological polar surface area (TPSA) is 34.1 Å². The molecule has 0 spiro atoms. The zero-order valence-corrected chi connectivity index (χ0v) is 10.1. The fourth-order valence-corrected chi connectivity index (χ4v) is 2.77. The molecule has 2 bridgehead atoms. The normalized spacial score (nSPS) is 26.8. The molecule has 0 aromatic carbocycles. The van der Waals surface area contributed by atoms with Crippen LogP contribution in [0, 0.1) is 0 Å². The van der Waals surface area contributed by atoms with E-state index >= 15 is 0 Å². The highest BCUT2D eigenvalue weighted by atomic mass is 16.5. The van der Waals surface area contributed by atoms with E-state index < -0.39 is 0 Å². The molecule has 1 N–H and O–H groups in total. The molecule has 2 aliphatic rings. The Bertz CT molecular complexity index is 442. The summed E-state index contributed by atoms with van der Waals surface area (Å²) in [5, 5.41) is 3.60. The summed E-state index contributed by atoms with van der Waals surface area (Å²) in [6, 6.07) is 3.34. The van der Waals surface area contributed by atoms with Crippen molar-refractivity contribution in [1.82, 2.24) is 10.3 Å². The summed E-state index contributed by atoms with van der Waals surface area (Å²) in [5.74, 6) is 0.872. The first-order valence-corrected chi connectivity index (χ1v) is 6.40. The number of ether oxygens (including phenoxy) is 1. The number of pyridine rings is 1. The highest BCUT2D eigenvalue weighted by Crippen LogP contribution is 2.32. The van der Waals surface area contributed by atoms with E-state index in [1.807, 2.05) is 13.1 Å². The summed E-state index contributed by atoms with van der Waals surface area (Å²) in [6.45, 7) is 2.69. The molecular formula is C14H18N2O. The fourth-order valence-electron chi connectivity index (χ4n) is 2.77. The predicted molar refractivity (Wildman–Crippen MR) is 67.9 cm³/mol. The summed E-state index contributed by atoms with van der Waals surface area (Å²) < 4.78 is 5.50. The lowest BCUT2D eigenvalue weighted by atomic mass is 9.97. The van der Waals surface area contributed by atoms with Crippen LogP contribution in [-0.2, 0) is 0 Å². The second-order valence-electron chi connectivity index (χ2n) is 4.79. The molecule has 1 fully saturated rings. The number of rotatable bonds is 3. The summed E-state index contributed by atoms with van der Waals surface area (Å²) in [6.07, 6.45) is 9.77. The van der Waals surface area contributed by atoms with Crippen LogP contribution in [0.15, 0.2) is 24.5 Å². The Balaban J connectivity index is 1.86. The van der Waals surface area contributed by atoms with Crippen LogP contribution >= 0.6 is 0 Å². The van der Waals surface area contributed by atoms with E-state index in [4.69, 9.17) is 4.74 Å².